The second kappa shape index (κ2) is 6.46. The smallest absolute Gasteiger partial charge is 0.127 e. The monoisotopic (exact) mass is 330 g/mol. The SMILES string of the molecule is CSc1c(N)ccc(Cl)c1COc1cccc2cnccc12. The molecular weight excluding hydrogens is 316 g/mol. The average Bonchev–Trinajstić information content (AvgIpc) is 2.55. The van der Waals surface area contributed by atoms with Crippen LogP contribution in [0.5, 0.6) is 5.75 Å². The molecule has 0 saturated carbocycles. The van der Waals surface area contributed by atoms with Crippen LogP contribution in [0.4, 0.5) is 5.69 Å². The Morgan fingerprint density at radius 1 is 1.23 bits per heavy atom. The van der Waals surface area contributed by atoms with Gasteiger partial charge in [0.1, 0.15) is 12.4 Å². The van der Waals surface area contributed by atoms with Crippen LogP contribution in [0, 0.1) is 0 Å². The van der Waals surface area contributed by atoms with E-state index in [-0.39, 0.29) is 0 Å². The van der Waals surface area contributed by atoms with Gasteiger partial charge in [0.05, 0.1) is 0 Å². The Kier molecular flexibility index (Phi) is 4.41. The van der Waals surface area contributed by atoms with Crippen LogP contribution in [0.2, 0.25) is 5.02 Å². The van der Waals surface area contributed by atoms with Gasteiger partial charge in [0.2, 0.25) is 0 Å². The molecule has 2 aromatic carbocycles. The number of thioether (sulfide) groups is 1. The minimum absolute atomic E-state index is 0.376. The third kappa shape index (κ3) is 2.85. The van der Waals surface area contributed by atoms with Crippen LogP contribution in [-0.4, -0.2) is 11.2 Å². The Hall–Kier alpha value is -1.91. The molecule has 22 heavy (non-hydrogen) atoms. The van der Waals surface area contributed by atoms with Gasteiger partial charge in [-0.05, 0) is 30.5 Å². The molecule has 0 aliphatic carbocycles. The maximum Gasteiger partial charge on any atom is 0.127 e. The van der Waals surface area contributed by atoms with Crippen molar-refractivity contribution in [2.75, 3.05) is 12.0 Å². The van der Waals surface area contributed by atoms with E-state index in [1.165, 1.54) is 0 Å². The van der Waals surface area contributed by atoms with Gasteiger partial charge >= 0.3 is 0 Å². The van der Waals surface area contributed by atoms with Crippen molar-refractivity contribution in [1.29, 1.82) is 0 Å². The molecule has 0 spiro atoms. The van der Waals surface area contributed by atoms with E-state index in [0.29, 0.717) is 11.6 Å². The van der Waals surface area contributed by atoms with E-state index in [9.17, 15) is 0 Å². The Bertz CT molecular complexity index is 818. The van der Waals surface area contributed by atoms with Crippen molar-refractivity contribution in [3.8, 4) is 5.75 Å². The first-order valence-corrected chi connectivity index (χ1v) is 8.37. The summed E-state index contributed by atoms with van der Waals surface area (Å²) in [4.78, 5) is 5.10. The zero-order chi connectivity index (χ0) is 15.5. The van der Waals surface area contributed by atoms with Gasteiger partial charge in [0, 0.05) is 44.3 Å². The molecule has 112 valence electrons. The van der Waals surface area contributed by atoms with Crippen molar-refractivity contribution in [1.82, 2.24) is 4.98 Å². The number of nitrogens with two attached hydrogens (primary N) is 1. The normalized spacial score (nSPS) is 10.8. The molecule has 5 heteroatoms. The van der Waals surface area contributed by atoms with Gasteiger partial charge in [-0.2, -0.15) is 0 Å². The Labute approximate surface area is 138 Å². The van der Waals surface area contributed by atoms with Crippen molar-refractivity contribution in [3.63, 3.8) is 0 Å². The number of halogens is 1. The molecule has 3 rings (SSSR count). The van der Waals surface area contributed by atoms with Crippen LogP contribution in [0.1, 0.15) is 5.56 Å². The van der Waals surface area contributed by atoms with Crippen LogP contribution in [0.3, 0.4) is 0 Å². The fourth-order valence-electron chi connectivity index (χ4n) is 2.37. The number of nitrogen functional groups attached to an aromatic ring is 1. The van der Waals surface area contributed by atoms with E-state index in [2.05, 4.69) is 4.98 Å². The van der Waals surface area contributed by atoms with Gasteiger partial charge in [-0.25, -0.2) is 0 Å². The van der Waals surface area contributed by atoms with Gasteiger partial charge in [0.25, 0.3) is 0 Å². The van der Waals surface area contributed by atoms with Crippen molar-refractivity contribution in [2.24, 2.45) is 0 Å². The molecule has 0 radical (unpaired) electrons. The Balaban J connectivity index is 1.94. The first-order valence-electron chi connectivity index (χ1n) is 6.77. The molecule has 3 aromatic rings. The molecule has 0 fully saturated rings. The van der Waals surface area contributed by atoms with Crippen LogP contribution in [0.15, 0.2) is 53.7 Å². The summed E-state index contributed by atoms with van der Waals surface area (Å²) >= 11 is 7.88. The number of hydrogen-bond acceptors (Lipinski definition) is 4. The largest absolute Gasteiger partial charge is 0.488 e. The van der Waals surface area contributed by atoms with E-state index >= 15 is 0 Å². The quantitative estimate of drug-likeness (QED) is 0.553. The van der Waals surface area contributed by atoms with Crippen LogP contribution in [-0.2, 0) is 6.61 Å². The molecule has 2 N–H and O–H groups in total. The highest BCUT2D eigenvalue weighted by molar-refractivity contribution is 7.98. The van der Waals surface area contributed by atoms with Crippen molar-refractivity contribution >= 4 is 39.8 Å². The lowest BCUT2D eigenvalue weighted by molar-refractivity contribution is 0.307. The number of ether oxygens (including phenoxy) is 1. The fraction of sp³-hybridized carbons (Fsp3) is 0.118. The standard InChI is InChI=1S/C17H15ClN2OS/c1-22-17-13(14(18)5-6-15(17)19)10-21-16-4-2-3-11-9-20-8-7-12(11)16/h2-9H,10,19H2,1H3. The van der Waals surface area contributed by atoms with Crippen LogP contribution in [0.25, 0.3) is 10.8 Å². The zero-order valence-electron chi connectivity index (χ0n) is 12.0. The lowest BCUT2D eigenvalue weighted by atomic mass is 10.1. The number of pyridine rings is 1. The predicted molar refractivity (Wildman–Crippen MR) is 93.7 cm³/mol. The number of nitrogens with zero attached hydrogens (tertiary/aromatic N) is 1. The van der Waals surface area contributed by atoms with Crippen molar-refractivity contribution in [2.45, 2.75) is 11.5 Å². The summed E-state index contributed by atoms with van der Waals surface area (Å²) in [5.41, 5.74) is 7.65. The second-order valence-corrected chi connectivity index (χ2v) is 6.01. The lowest BCUT2D eigenvalue weighted by Gasteiger charge is -2.14. The van der Waals surface area contributed by atoms with E-state index in [1.54, 1.807) is 18.0 Å². The number of fused-ring (bicyclic) bond motifs is 1. The Morgan fingerprint density at radius 2 is 2.09 bits per heavy atom. The third-order valence-corrected chi connectivity index (χ3v) is 4.70. The molecule has 0 saturated heterocycles. The lowest BCUT2D eigenvalue weighted by Crippen LogP contribution is -2.01. The molecule has 0 unspecified atom stereocenters. The fourth-order valence-corrected chi connectivity index (χ4v) is 3.35. The summed E-state index contributed by atoms with van der Waals surface area (Å²) in [6.45, 7) is 0.376. The average molecular weight is 331 g/mol. The van der Waals surface area contributed by atoms with E-state index < -0.39 is 0 Å². The second-order valence-electron chi connectivity index (χ2n) is 4.79. The van der Waals surface area contributed by atoms with Gasteiger partial charge in [0.15, 0.2) is 0 Å². The number of benzene rings is 2. The molecule has 0 bridgehead atoms. The first kappa shape index (κ1) is 15.0. The number of hydrogen-bond donors (Lipinski definition) is 1. The summed E-state index contributed by atoms with van der Waals surface area (Å²) in [6.07, 6.45) is 5.56. The Morgan fingerprint density at radius 3 is 2.91 bits per heavy atom. The molecule has 3 nitrogen and oxygen atoms in total. The summed E-state index contributed by atoms with van der Waals surface area (Å²) in [5.74, 6) is 0.811. The van der Waals surface area contributed by atoms with E-state index in [0.717, 1.165) is 32.7 Å². The zero-order valence-corrected chi connectivity index (χ0v) is 13.6. The number of aromatic nitrogens is 1. The first-order chi connectivity index (χ1) is 10.7. The van der Waals surface area contributed by atoms with Crippen LogP contribution < -0.4 is 10.5 Å². The minimum atomic E-state index is 0.376. The maximum absolute atomic E-state index is 6.31. The van der Waals surface area contributed by atoms with Gasteiger partial charge < -0.3 is 10.5 Å². The molecule has 1 heterocycles. The van der Waals surface area contributed by atoms with Gasteiger partial charge in [-0.15, -0.1) is 11.8 Å². The van der Waals surface area contributed by atoms with Crippen molar-refractivity contribution < 1.29 is 4.74 Å². The summed E-state index contributed by atoms with van der Waals surface area (Å²) in [7, 11) is 0. The highest BCUT2D eigenvalue weighted by Gasteiger charge is 2.12. The van der Waals surface area contributed by atoms with E-state index in [4.69, 9.17) is 22.1 Å². The van der Waals surface area contributed by atoms with E-state index in [1.807, 2.05) is 48.9 Å². The summed E-state index contributed by atoms with van der Waals surface area (Å²) < 4.78 is 6.00. The predicted octanol–water partition coefficient (Wildman–Crippen LogP) is 4.77. The molecular formula is C17H15ClN2OS. The molecule has 1 aromatic heterocycles. The van der Waals surface area contributed by atoms with Crippen molar-refractivity contribution in [3.05, 3.63) is 59.4 Å². The molecule has 0 aliphatic heterocycles. The summed E-state index contributed by atoms with van der Waals surface area (Å²) in [5, 5.41) is 2.74. The summed E-state index contributed by atoms with van der Waals surface area (Å²) in [6, 6.07) is 11.5. The molecule has 0 amide bonds. The van der Waals surface area contributed by atoms with Crippen LogP contribution >= 0.6 is 23.4 Å². The van der Waals surface area contributed by atoms with Gasteiger partial charge in [-0.3, -0.25) is 4.98 Å². The number of anilines is 1. The van der Waals surface area contributed by atoms with Gasteiger partial charge in [-0.1, -0.05) is 23.7 Å². The number of rotatable bonds is 4. The molecule has 0 atom stereocenters. The maximum atomic E-state index is 6.31. The highest BCUT2D eigenvalue weighted by Crippen LogP contribution is 2.34. The minimum Gasteiger partial charge on any atom is -0.488 e. The highest BCUT2D eigenvalue weighted by atomic mass is 35.5. The topological polar surface area (TPSA) is 48.1 Å². The third-order valence-electron chi connectivity index (χ3n) is 3.45. The molecule has 0 aliphatic rings.